The van der Waals surface area contributed by atoms with Crippen molar-refractivity contribution < 1.29 is 9.59 Å². The Morgan fingerprint density at radius 1 is 0.889 bits per heavy atom. The number of likely N-dealkylation sites (tertiary alicyclic amines) is 1. The Balaban J connectivity index is 1.25. The summed E-state index contributed by atoms with van der Waals surface area (Å²) in [4.78, 5) is 31.1. The van der Waals surface area contributed by atoms with Crippen molar-refractivity contribution >= 4 is 29.2 Å². The van der Waals surface area contributed by atoms with Gasteiger partial charge in [0.1, 0.15) is 0 Å². The number of nitrogens with zero attached hydrogens (tertiary/aromatic N) is 3. The Morgan fingerprint density at radius 3 is 2.19 bits per heavy atom. The fourth-order valence-electron chi connectivity index (χ4n) is 3.96. The summed E-state index contributed by atoms with van der Waals surface area (Å²) in [7, 11) is 0. The Hall–Kier alpha value is -1.95. The molecule has 27 heavy (non-hydrogen) atoms. The second-order valence-electron chi connectivity index (χ2n) is 7.75. The number of carbonyl (C=O) groups excluding carboxylic acids is 2. The van der Waals surface area contributed by atoms with Crippen molar-refractivity contribution in [1.29, 1.82) is 0 Å². The molecule has 6 nitrogen and oxygen atoms in total. The van der Waals surface area contributed by atoms with Gasteiger partial charge in [0.2, 0.25) is 5.91 Å². The first kappa shape index (κ1) is 18.4. The highest BCUT2D eigenvalue weighted by Gasteiger charge is 2.33. The number of anilines is 1. The van der Waals surface area contributed by atoms with Gasteiger partial charge in [-0.15, -0.1) is 0 Å². The molecule has 146 valence electrons. The van der Waals surface area contributed by atoms with E-state index in [1.54, 1.807) is 0 Å². The van der Waals surface area contributed by atoms with Crippen LogP contribution in [0.1, 0.15) is 25.7 Å². The van der Waals surface area contributed by atoms with Gasteiger partial charge in [0.25, 0.3) is 0 Å². The van der Waals surface area contributed by atoms with Crippen molar-refractivity contribution in [2.45, 2.75) is 31.7 Å². The molecule has 7 heteroatoms. The second-order valence-corrected chi connectivity index (χ2v) is 8.16. The minimum atomic E-state index is 0.0387. The normalized spacial score (nSPS) is 21.3. The van der Waals surface area contributed by atoms with Crippen molar-refractivity contribution in [3.05, 3.63) is 29.3 Å². The summed E-state index contributed by atoms with van der Waals surface area (Å²) in [6.45, 7) is 4.41. The van der Waals surface area contributed by atoms with Crippen molar-refractivity contribution in [2.24, 2.45) is 5.92 Å². The average Bonchev–Trinajstić information content (AvgIpc) is 3.52. The van der Waals surface area contributed by atoms with Crippen LogP contribution in [0.3, 0.4) is 0 Å². The molecule has 1 aromatic rings. The number of hydrogen-bond acceptors (Lipinski definition) is 3. The van der Waals surface area contributed by atoms with Gasteiger partial charge in [0, 0.05) is 51.2 Å². The first-order valence-electron chi connectivity index (χ1n) is 9.95. The smallest absolute Gasteiger partial charge is 0.317 e. The van der Waals surface area contributed by atoms with Crippen LogP contribution in [0.25, 0.3) is 0 Å². The van der Waals surface area contributed by atoms with Crippen LogP contribution in [0, 0.1) is 5.92 Å². The number of para-hydroxylation sites is 1. The zero-order valence-corrected chi connectivity index (χ0v) is 16.3. The molecule has 0 atom stereocenters. The molecule has 0 radical (unpaired) electrons. The number of benzene rings is 1. The average molecular weight is 391 g/mol. The van der Waals surface area contributed by atoms with Crippen LogP contribution in [0.4, 0.5) is 10.5 Å². The highest BCUT2D eigenvalue weighted by atomic mass is 35.5. The predicted octanol–water partition coefficient (Wildman–Crippen LogP) is 2.57. The van der Waals surface area contributed by atoms with Crippen molar-refractivity contribution in [3.63, 3.8) is 0 Å². The van der Waals surface area contributed by atoms with E-state index in [0.29, 0.717) is 19.1 Å². The summed E-state index contributed by atoms with van der Waals surface area (Å²) >= 11 is 6.29. The zero-order chi connectivity index (χ0) is 18.8. The molecule has 1 saturated carbocycles. The number of nitrogens with one attached hydrogen (secondary N) is 1. The maximum Gasteiger partial charge on any atom is 0.317 e. The molecule has 2 heterocycles. The number of rotatable bonds is 3. The van der Waals surface area contributed by atoms with Crippen molar-refractivity contribution in [2.75, 3.05) is 44.2 Å². The van der Waals surface area contributed by atoms with Gasteiger partial charge in [-0.2, -0.15) is 0 Å². The Bertz CT molecular complexity index is 693. The molecule has 2 aliphatic heterocycles. The molecule has 1 aliphatic carbocycles. The number of urea groups is 1. The van der Waals surface area contributed by atoms with Gasteiger partial charge in [0.15, 0.2) is 0 Å². The van der Waals surface area contributed by atoms with Gasteiger partial charge in [-0.1, -0.05) is 23.7 Å². The standard InChI is InChI=1S/C20H27ClN4O2/c21-17-3-1-2-4-18(17)23-11-13-24(14-12-23)19(26)15-7-9-25(10-8-15)20(27)22-16-5-6-16/h1-4,15-16H,5-14H2,(H,22,27). The summed E-state index contributed by atoms with van der Waals surface area (Å²) in [6.07, 6.45) is 3.73. The fourth-order valence-corrected chi connectivity index (χ4v) is 4.21. The Kier molecular flexibility index (Phi) is 5.43. The van der Waals surface area contributed by atoms with Crippen LogP contribution in [0.2, 0.25) is 5.02 Å². The third kappa shape index (κ3) is 4.32. The molecule has 0 aromatic heterocycles. The molecule has 3 fully saturated rings. The minimum absolute atomic E-state index is 0.0387. The summed E-state index contributed by atoms with van der Waals surface area (Å²) in [5.41, 5.74) is 1.04. The number of halogens is 1. The molecule has 0 spiro atoms. The van der Waals surface area contributed by atoms with Crippen LogP contribution in [0.5, 0.6) is 0 Å². The van der Waals surface area contributed by atoms with E-state index < -0.39 is 0 Å². The third-order valence-electron chi connectivity index (χ3n) is 5.82. The topological polar surface area (TPSA) is 55.9 Å². The van der Waals surface area contributed by atoms with Crippen LogP contribution in [-0.2, 0) is 4.79 Å². The summed E-state index contributed by atoms with van der Waals surface area (Å²) in [5, 5.41) is 3.79. The van der Waals surface area contributed by atoms with Gasteiger partial charge in [-0.3, -0.25) is 4.79 Å². The van der Waals surface area contributed by atoms with Crippen LogP contribution >= 0.6 is 11.6 Å². The van der Waals surface area contributed by atoms with Crippen LogP contribution in [-0.4, -0.2) is 67.0 Å². The monoisotopic (exact) mass is 390 g/mol. The van der Waals surface area contributed by atoms with Gasteiger partial charge < -0.3 is 20.0 Å². The SMILES string of the molecule is O=C(NC1CC1)N1CCC(C(=O)N2CCN(c3ccccc3Cl)CC2)CC1. The maximum absolute atomic E-state index is 12.9. The third-order valence-corrected chi connectivity index (χ3v) is 6.14. The van der Waals surface area contributed by atoms with E-state index in [0.717, 1.165) is 62.6 Å². The first-order valence-corrected chi connectivity index (χ1v) is 10.3. The van der Waals surface area contributed by atoms with Gasteiger partial charge >= 0.3 is 6.03 Å². The molecule has 3 amide bonds. The van der Waals surface area contributed by atoms with E-state index in [9.17, 15) is 9.59 Å². The predicted molar refractivity (Wildman–Crippen MR) is 106 cm³/mol. The Morgan fingerprint density at radius 2 is 1.56 bits per heavy atom. The summed E-state index contributed by atoms with van der Waals surface area (Å²) < 4.78 is 0. The maximum atomic E-state index is 12.9. The lowest BCUT2D eigenvalue weighted by molar-refractivity contribution is -0.137. The van der Waals surface area contributed by atoms with E-state index in [4.69, 9.17) is 11.6 Å². The van der Waals surface area contributed by atoms with E-state index in [2.05, 4.69) is 10.2 Å². The lowest BCUT2D eigenvalue weighted by atomic mass is 9.95. The lowest BCUT2D eigenvalue weighted by Gasteiger charge is -2.39. The van der Waals surface area contributed by atoms with Crippen LogP contribution < -0.4 is 10.2 Å². The lowest BCUT2D eigenvalue weighted by Crippen LogP contribution is -2.52. The molecule has 1 aromatic carbocycles. The largest absolute Gasteiger partial charge is 0.367 e. The molecule has 4 rings (SSSR count). The number of piperidine rings is 1. The number of amides is 3. The first-order chi connectivity index (χ1) is 13.1. The van der Waals surface area contributed by atoms with E-state index in [1.165, 1.54) is 0 Å². The molecule has 1 N–H and O–H groups in total. The quantitative estimate of drug-likeness (QED) is 0.863. The fraction of sp³-hybridized carbons (Fsp3) is 0.600. The number of carbonyl (C=O) groups is 2. The number of piperazine rings is 1. The summed E-state index contributed by atoms with van der Waals surface area (Å²) in [5.74, 6) is 0.290. The molecule has 0 bridgehead atoms. The molecule has 0 unspecified atom stereocenters. The highest BCUT2D eigenvalue weighted by Crippen LogP contribution is 2.27. The molecule has 3 aliphatic rings. The van der Waals surface area contributed by atoms with Gasteiger partial charge in [-0.05, 0) is 37.8 Å². The Labute approximate surface area is 165 Å². The molecular formula is C20H27ClN4O2. The highest BCUT2D eigenvalue weighted by molar-refractivity contribution is 6.33. The van der Waals surface area contributed by atoms with E-state index in [1.807, 2.05) is 34.1 Å². The zero-order valence-electron chi connectivity index (χ0n) is 15.6. The minimum Gasteiger partial charge on any atom is -0.367 e. The van der Waals surface area contributed by atoms with Crippen molar-refractivity contribution in [3.8, 4) is 0 Å². The summed E-state index contributed by atoms with van der Waals surface area (Å²) in [6, 6.07) is 8.28. The molecular weight excluding hydrogens is 364 g/mol. The van der Waals surface area contributed by atoms with Crippen molar-refractivity contribution in [1.82, 2.24) is 15.1 Å². The van der Waals surface area contributed by atoms with E-state index in [-0.39, 0.29) is 17.9 Å². The second kappa shape index (κ2) is 7.97. The van der Waals surface area contributed by atoms with Crippen LogP contribution in [0.15, 0.2) is 24.3 Å². The molecule has 2 saturated heterocycles. The number of hydrogen-bond donors (Lipinski definition) is 1. The van der Waals surface area contributed by atoms with Gasteiger partial charge in [0.05, 0.1) is 10.7 Å². The van der Waals surface area contributed by atoms with Gasteiger partial charge in [-0.25, -0.2) is 4.79 Å². The van der Waals surface area contributed by atoms with E-state index >= 15 is 0 Å².